The molecule has 88 valence electrons. The summed E-state index contributed by atoms with van der Waals surface area (Å²) in [7, 11) is 0. The van der Waals surface area contributed by atoms with Crippen molar-refractivity contribution in [2.45, 2.75) is 38.2 Å². The molecule has 0 aliphatic heterocycles. The average Bonchev–Trinajstić information content (AvgIpc) is 2.18. The molecule has 0 aromatic rings. The van der Waals surface area contributed by atoms with E-state index in [1.807, 2.05) is 0 Å². The first-order valence-corrected chi connectivity index (χ1v) is 7.43. The van der Waals surface area contributed by atoms with E-state index in [2.05, 4.69) is 34.3 Å². The van der Waals surface area contributed by atoms with Crippen molar-refractivity contribution in [2.24, 2.45) is 0 Å². The molecule has 0 amide bonds. The molecular formula is C12H21FS2. The van der Waals surface area contributed by atoms with E-state index in [0.29, 0.717) is 0 Å². The minimum absolute atomic E-state index is 0.142. The SMILES string of the molecule is C=CC(F)=C(C(C)SCC)C(C)SCC. The van der Waals surface area contributed by atoms with Crippen molar-refractivity contribution in [2.75, 3.05) is 11.5 Å². The van der Waals surface area contributed by atoms with Gasteiger partial charge >= 0.3 is 0 Å². The van der Waals surface area contributed by atoms with Gasteiger partial charge < -0.3 is 0 Å². The van der Waals surface area contributed by atoms with Gasteiger partial charge in [-0.2, -0.15) is 23.5 Å². The molecular weight excluding hydrogens is 227 g/mol. The Kier molecular flexibility index (Phi) is 8.34. The molecule has 0 bridgehead atoms. The van der Waals surface area contributed by atoms with Gasteiger partial charge in [0, 0.05) is 10.5 Å². The van der Waals surface area contributed by atoms with Gasteiger partial charge in [0.1, 0.15) is 5.83 Å². The summed E-state index contributed by atoms with van der Waals surface area (Å²) in [5.41, 5.74) is 0.892. The van der Waals surface area contributed by atoms with Crippen LogP contribution >= 0.6 is 23.5 Å². The monoisotopic (exact) mass is 248 g/mol. The summed E-state index contributed by atoms with van der Waals surface area (Å²) in [4.78, 5) is 0. The van der Waals surface area contributed by atoms with Crippen LogP contribution in [0.15, 0.2) is 24.1 Å². The van der Waals surface area contributed by atoms with Gasteiger partial charge in [0.25, 0.3) is 0 Å². The van der Waals surface area contributed by atoms with Crippen molar-refractivity contribution in [3.63, 3.8) is 0 Å². The molecule has 0 N–H and O–H groups in total. The number of hydrogen-bond acceptors (Lipinski definition) is 2. The quantitative estimate of drug-likeness (QED) is 0.600. The van der Waals surface area contributed by atoms with E-state index in [9.17, 15) is 4.39 Å². The van der Waals surface area contributed by atoms with Crippen LogP contribution < -0.4 is 0 Å². The Morgan fingerprint density at radius 1 is 1.20 bits per heavy atom. The van der Waals surface area contributed by atoms with E-state index in [1.54, 1.807) is 23.5 Å². The second kappa shape index (κ2) is 8.28. The minimum atomic E-state index is -0.142. The molecule has 15 heavy (non-hydrogen) atoms. The van der Waals surface area contributed by atoms with Crippen LogP contribution in [0.1, 0.15) is 27.7 Å². The summed E-state index contributed by atoms with van der Waals surface area (Å²) in [6, 6.07) is 0. The van der Waals surface area contributed by atoms with Gasteiger partial charge in [0.2, 0.25) is 0 Å². The fourth-order valence-corrected chi connectivity index (χ4v) is 3.59. The second-order valence-electron chi connectivity index (χ2n) is 3.20. The zero-order valence-electron chi connectivity index (χ0n) is 10.0. The molecule has 0 rings (SSSR count). The maximum atomic E-state index is 13.7. The first-order chi connectivity index (χ1) is 7.08. The first kappa shape index (κ1) is 15.1. The molecule has 0 aliphatic carbocycles. The highest BCUT2D eigenvalue weighted by Crippen LogP contribution is 2.31. The van der Waals surface area contributed by atoms with Crippen molar-refractivity contribution in [3.8, 4) is 0 Å². The van der Waals surface area contributed by atoms with Gasteiger partial charge in [-0.05, 0) is 37.0 Å². The smallest absolute Gasteiger partial charge is 0.124 e. The van der Waals surface area contributed by atoms with E-state index < -0.39 is 0 Å². The first-order valence-electron chi connectivity index (χ1n) is 5.33. The van der Waals surface area contributed by atoms with E-state index in [0.717, 1.165) is 17.1 Å². The van der Waals surface area contributed by atoms with Gasteiger partial charge in [0.05, 0.1) is 0 Å². The van der Waals surface area contributed by atoms with Crippen LogP contribution in [0.2, 0.25) is 0 Å². The summed E-state index contributed by atoms with van der Waals surface area (Å²) in [6.45, 7) is 11.9. The number of allylic oxidation sites excluding steroid dienone is 2. The Bertz CT molecular complexity index is 210. The molecule has 0 spiro atoms. The van der Waals surface area contributed by atoms with Gasteiger partial charge in [-0.15, -0.1) is 0 Å². The van der Waals surface area contributed by atoms with Crippen LogP contribution in [0.3, 0.4) is 0 Å². The lowest BCUT2D eigenvalue weighted by atomic mass is 10.1. The minimum Gasteiger partial charge on any atom is -0.207 e. The summed E-state index contributed by atoms with van der Waals surface area (Å²) in [6.07, 6.45) is 1.33. The highest BCUT2D eigenvalue weighted by atomic mass is 32.2. The largest absolute Gasteiger partial charge is 0.207 e. The second-order valence-corrected chi connectivity index (χ2v) is 6.44. The third kappa shape index (κ3) is 5.12. The molecule has 0 aromatic carbocycles. The van der Waals surface area contributed by atoms with Crippen molar-refractivity contribution >= 4 is 23.5 Å². The van der Waals surface area contributed by atoms with Crippen LogP contribution in [-0.2, 0) is 0 Å². The third-order valence-corrected chi connectivity index (χ3v) is 4.34. The summed E-state index contributed by atoms with van der Waals surface area (Å²) in [5, 5.41) is 0.476. The predicted octanol–water partition coefficient (Wildman–Crippen LogP) is 4.68. The molecule has 0 radical (unpaired) electrons. The molecule has 3 heteroatoms. The summed E-state index contributed by atoms with van der Waals surface area (Å²) in [5.74, 6) is 1.88. The Hall–Kier alpha value is 0.110. The van der Waals surface area contributed by atoms with Gasteiger partial charge in [-0.3, -0.25) is 0 Å². The topological polar surface area (TPSA) is 0 Å². The number of hydrogen-bond donors (Lipinski definition) is 0. The van der Waals surface area contributed by atoms with Gasteiger partial charge in [-0.25, -0.2) is 4.39 Å². The fraction of sp³-hybridized carbons (Fsp3) is 0.667. The van der Waals surface area contributed by atoms with Crippen molar-refractivity contribution < 1.29 is 4.39 Å². The normalized spacial score (nSPS) is 14.5. The molecule has 0 saturated carbocycles. The van der Waals surface area contributed by atoms with E-state index in [4.69, 9.17) is 0 Å². The van der Waals surface area contributed by atoms with Crippen molar-refractivity contribution in [1.82, 2.24) is 0 Å². The Labute approximate surface area is 102 Å². The summed E-state index contributed by atoms with van der Waals surface area (Å²) < 4.78 is 13.7. The Balaban J connectivity index is 4.80. The van der Waals surface area contributed by atoms with Crippen molar-refractivity contribution in [3.05, 3.63) is 24.1 Å². The molecule has 0 aromatic heterocycles. The Morgan fingerprint density at radius 2 is 1.60 bits per heavy atom. The highest BCUT2D eigenvalue weighted by Gasteiger charge is 2.19. The highest BCUT2D eigenvalue weighted by molar-refractivity contribution is 8.01. The molecule has 0 saturated heterocycles. The molecule has 0 heterocycles. The summed E-state index contributed by atoms with van der Waals surface area (Å²) >= 11 is 3.56. The van der Waals surface area contributed by atoms with E-state index >= 15 is 0 Å². The standard InChI is InChI=1S/C12H21FS2/c1-6-11(13)12(9(4)14-7-2)10(5)15-8-3/h6,9-10H,1,7-8H2,2-5H3. The van der Waals surface area contributed by atoms with Gasteiger partial charge in [-0.1, -0.05) is 20.4 Å². The molecule has 2 unspecified atom stereocenters. The maximum absolute atomic E-state index is 13.7. The fourth-order valence-electron chi connectivity index (χ4n) is 1.52. The number of halogens is 1. The van der Waals surface area contributed by atoms with E-state index in [-0.39, 0.29) is 16.3 Å². The van der Waals surface area contributed by atoms with Crippen LogP contribution in [0.5, 0.6) is 0 Å². The lowest BCUT2D eigenvalue weighted by Gasteiger charge is -2.21. The predicted molar refractivity (Wildman–Crippen MR) is 73.5 cm³/mol. The molecule has 0 fully saturated rings. The molecule has 2 atom stereocenters. The molecule has 0 aliphatic rings. The van der Waals surface area contributed by atoms with Crippen LogP contribution in [0.4, 0.5) is 4.39 Å². The zero-order valence-corrected chi connectivity index (χ0v) is 11.7. The van der Waals surface area contributed by atoms with Crippen LogP contribution in [0.25, 0.3) is 0 Å². The van der Waals surface area contributed by atoms with Crippen LogP contribution in [0, 0.1) is 0 Å². The lowest BCUT2D eigenvalue weighted by Crippen LogP contribution is -2.14. The number of thioether (sulfide) groups is 2. The van der Waals surface area contributed by atoms with Crippen molar-refractivity contribution in [1.29, 1.82) is 0 Å². The average molecular weight is 248 g/mol. The zero-order chi connectivity index (χ0) is 11.8. The van der Waals surface area contributed by atoms with E-state index in [1.165, 1.54) is 6.08 Å². The molecule has 0 nitrogen and oxygen atoms in total. The Morgan fingerprint density at radius 3 is 1.87 bits per heavy atom. The van der Waals surface area contributed by atoms with Gasteiger partial charge in [0.15, 0.2) is 0 Å². The third-order valence-electron chi connectivity index (χ3n) is 2.16. The maximum Gasteiger partial charge on any atom is 0.124 e. The lowest BCUT2D eigenvalue weighted by molar-refractivity contribution is 0.644. The number of rotatable bonds is 7. The van der Waals surface area contributed by atoms with Crippen LogP contribution in [-0.4, -0.2) is 22.0 Å².